The zero-order valence-corrected chi connectivity index (χ0v) is 19.3. The van der Waals surface area contributed by atoms with Gasteiger partial charge in [0, 0.05) is 34.4 Å². The first-order valence-electron chi connectivity index (χ1n) is 11.3. The summed E-state index contributed by atoms with van der Waals surface area (Å²) in [4.78, 5) is 36.2. The van der Waals surface area contributed by atoms with Crippen molar-refractivity contribution >= 4 is 22.7 Å². The lowest BCUT2D eigenvalue weighted by atomic mass is 10.2. The molecule has 2 aromatic carbocycles. The summed E-state index contributed by atoms with van der Waals surface area (Å²) < 4.78 is 1.49. The number of aromatic amines is 1. The number of pyridine rings is 1. The van der Waals surface area contributed by atoms with Gasteiger partial charge >= 0.3 is 0 Å². The van der Waals surface area contributed by atoms with Crippen LogP contribution in [0.3, 0.4) is 0 Å². The smallest absolute Gasteiger partial charge is 0.265 e. The molecule has 2 aromatic heterocycles. The molecule has 0 aliphatic heterocycles. The minimum atomic E-state index is -0.480. The van der Waals surface area contributed by atoms with E-state index in [0.717, 1.165) is 10.9 Å². The van der Waals surface area contributed by atoms with Gasteiger partial charge in [-0.05, 0) is 55.5 Å². The number of carbonyl (C=O) groups excluding carboxylic acids is 2. The van der Waals surface area contributed by atoms with Gasteiger partial charge in [0.15, 0.2) is 0 Å². The van der Waals surface area contributed by atoms with Crippen molar-refractivity contribution in [2.75, 3.05) is 0 Å². The maximum atomic E-state index is 11.5. The lowest BCUT2D eigenvalue weighted by Crippen LogP contribution is -2.16. The van der Waals surface area contributed by atoms with Crippen LogP contribution in [0.5, 0.6) is 0 Å². The van der Waals surface area contributed by atoms with Crippen LogP contribution in [-0.2, 0) is 0 Å². The van der Waals surface area contributed by atoms with E-state index < -0.39 is 11.8 Å². The lowest BCUT2D eigenvalue weighted by Gasteiger charge is -2.04. The fourth-order valence-corrected chi connectivity index (χ4v) is 3.70. The number of hydrogen-bond acceptors (Lipinski definition) is 3. The summed E-state index contributed by atoms with van der Waals surface area (Å²) in [5.41, 5.74) is 13.9. The number of fused-ring (bicyclic) bond motifs is 1. The number of benzene rings is 2. The van der Waals surface area contributed by atoms with Crippen LogP contribution in [0.15, 0.2) is 77.7 Å². The average Bonchev–Trinajstić information content (AvgIpc) is 3.53. The zero-order chi connectivity index (χ0) is 24.5. The monoisotopic (exact) mass is 458 g/mol. The van der Waals surface area contributed by atoms with E-state index in [1.807, 2.05) is 25.1 Å². The van der Waals surface area contributed by atoms with Crippen LogP contribution in [0, 0.1) is 6.92 Å². The zero-order valence-electron chi connectivity index (χ0n) is 19.3. The molecule has 2 amide bonds. The molecule has 34 heavy (non-hydrogen) atoms. The minimum Gasteiger partial charge on any atom is -0.366 e. The molecule has 1 saturated carbocycles. The largest absolute Gasteiger partial charge is 0.366 e. The summed E-state index contributed by atoms with van der Waals surface area (Å²) in [6.45, 7) is 2.01. The van der Waals surface area contributed by atoms with Crippen molar-refractivity contribution in [2.45, 2.75) is 39.0 Å². The van der Waals surface area contributed by atoms with Crippen LogP contribution in [0.25, 0.3) is 16.6 Å². The van der Waals surface area contributed by atoms with Crippen LogP contribution in [0.1, 0.15) is 58.5 Å². The molecule has 2 heterocycles. The highest BCUT2D eigenvalue weighted by Crippen LogP contribution is 2.16. The second kappa shape index (κ2) is 11.7. The Morgan fingerprint density at radius 3 is 2.03 bits per heavy atom. The van der Waals surface area contributed by atoms with Gasteiger partial charge in [0.2, 0.25) is 5.91 Å². The number of primary amides is 2. The quantitative estimate of drug-likeness (QED) is 0.420. The number of amides is 2. The van der Waals surface area contributed by atoms with Gasteiger partial charge in [-0.25, -0.2) is 0 Å². The van der Waals surface area contributed by atoms with Gasteiger partial charge in [-0.15, -0.1) is 0 Å². The summed E-state index contributed by atoms with van der Waals surface area (Å²) in [6.07, 6.45) is 9.17. The summed E-state index contributed by atoms with van der Waals surface area (Å²) in [7, 11) is 0. The summed E-state index contributed by atoms with van der Waals surface area (Å²) in [5, 5.41) is 1.02. The van der Waals surface area contributed by atoms with E-state index in [2.05, 4.69) is 4.98 Å². The molecule has 7 heteroatoms. The maximum Gasteiger partial charge on any atom is 0.265 e. The Morgan fingerprint density at radius 2 is 1.47 bits per heavy atom. The van der Waals surface area contributed by atoms with E-state index in [1.54, 1.807) is 48.7 Å². The Kier molecular flexibility index (Phi) is 8.40. The number of nitrogens with two attached hydrogens (primary N) is 2. The Morgan fingerprint density at radius 1 is 0.824 bits per heavy atom. The number of nitrogens with one attached hydrogen (secondary N) is 1. The SMILES string of the molecule is C1CCCC1.Cc1ccc2[nH]c(C(N)=O)cc2c1.NC(=O)c1ccc(-n2ccccc2=O)cc1. The van der Waals surface area contributed by atoms with Gasteiger partial charge in [-0.3, -0.25) is 19.0 Å². The van der Waals surface area contributed by atoms with Crippen LogP contribution in [0.4, 0.5) is 0 Å². The van der Waals surface area contributed by atoms with Crippen LogP contribution in [-0.4, -0.2) is 21.4 Å². The van der Waals surface area contributed by atoms with E-state index in [4.69, 9.17) is 11.5 Å². The van der Waals surface area contributed by atoms with Crippen molar-refractivity contribution in [3.63, 3.8) is 0 Å². The van der Waals surface area contributed by atoms with Gasteiger partial charge in [0.05, 0.1) is 0 Å². The second-order valence-electron chi connectivity index (χ2n) is 8.23. The molecule has 0 bridgehead atoms. The molecule has 5 N–H and O–H groups in total. The third-order valence-corrected chi connectivity index (χ3v) is 5.54. The topological polar surface area (TPSA) is 124 Å². The van der Waals surface area contributed by atoms with Crippen molar-refractivity contribution in [3.05, 3.63) is 100 Å². The first-order chi connectivity index (χ1) is 16.3. The summed E-state index contributed by atoms with van der Waals surface area (Å²) in [6, 6.07) is 19.2. The molecule has 1 aliphatic rings. The van der Waals surface area contributed by atoms with E-state index in [1.165, 1.54) is 48.3 Å². The second-order valence-corrected chi connectivity index (χ2v) is 8.23. The Hall–Kier alpha value is -4.13. The molecule has 0 atom stereocenters. The summed E-state index contributed by atoms with van der Waals surface area (Å²) >= 11 is 0. The van der Waals surface area contributed by atoms with Crippen molar-refractivity contribution in [2.24, 2.45) is 11.5 Å². The van der Waals surface area contributed by atoms with Crippen molar-refractivity contribution < 1.29 is 9.59 Å². The van der Waals surface area contributed by atoms with Crippen molar-refractivity contribution in [1.29, 1.82) is 0 Å². The molecule has 7 nitrogen and oxygen atoms in total. The molecule has 0 unspecified atom stereocenters. The molecule has 1 fully saturated rings. The number of H-pyrrole nitrogens is 1. The highest BCUT2D eigenvalue weighted by Gasteiger charge is 2.04. The number of nitrogens with zero attached hydrogens (tertiary/aromatic N) is 1. The van der Waals surface area contributed by atoms with Gasteiger partial charge in [-0.1, -0.05) is 49.8 Å². The van der Waals surface area contributed by atoms with Crippen molar-refractivity contribution in [1.82, 2.24) is 9.55 Å². The molecular formula is C27H30N4O3. The van der Waals surface area contributed by atoms with Gasteiger partial charge in [0.25, 0.3) is 11.5 Å². The number of carbonyl (C=O) groups is 2. The normalized spacial score (nSPS) is 12.3. The van der Waals surface area contributed by atoms with Crippen LogP contribution < -0.4 is 17.0 Å². The first kappa shape index (κ1) is 24.5. The van der Waals surface area contributed by atoms with E-state index >= 15 is 0 Å². The average molecular weight is 459 g/mol. The van der Waals surface area contributed by atoms with Crippen molar-refractivity contribution in [3.8, 4) is 5.69 Å². The van der Waals surface area contributed by atoms with E-state index in [-0.39, 0.29) is 5.56 Å². The minimum absolute atomic E-state index is 0.116. The molecule has 0 saturated heterocycles. The fraction of sp³-hybridized carbons (Fsp3) is 0.222. The van der Waals surface area contributed by atoms with Gasteiger partial charge in [0.1, 0.15) is 5.69 Å². The number of rotatable bonds is 3. The maximum absolute atomic E-state index is 11.5. The predicted molar refractivity (Wildman–Crippen MR) is 135 cm³/mol. The molecule has 176 valence electrons. The molecule has 5 rings (SSSR count). The Bertz CT molecular complexity index is 1310. The highest BCUT2D eigenvalue weighted by molar-refractivity contribution is 5.97. The summed E-state index contributed by atoms with van der Waals surface area (Å²) in [5.74, 6) is -0.902. The van der Waals surface area contributed by atoms with Crippen LogP contribution >= 0.6 is 0 Å². The fourth-order valence-electron chi connectivity index (χ4n) is 3.70. The Labute approximate surface area is 198 Å². The third-order valence-electron chi connectivity index (χ3n) is 5.54. The molecule has 1 aliphatic carbocycles. The molecule has 0 radical (unpaired) electrons. The molecule has 4 aromatic rings. The highest BCUT2D eigenvalue weighted by atomic mass is 16.1. The third kappa shape index (κ3) is 6.68. The van der Waals surface area contributed by atoms with E-state index in [0.29, 0.717) is 16.9 Å². The predicted octanol–water partition coefficient (Wildman–Crippen LogP) is 4.46. The molecular weight excluding hydrogens is 428 g/mol. The number of hydrogen-bond donors (Lipinski definition) is 3. The van der Waals surface area contributed by atoms with Gasteiger partial charge < -0.3 is 16.5 Å². The van der Waals surface area contributed by atoms with Gasteiger partial charge in [-0.2, -0.15) is 0 Å². The Balaban J connectivity index is 0.000000161. The number of aryl methyl sites for hydroxylation is 1. The number of aromatic nitrogens is 2. The standard InChI is InChI=1S/C12H10N2O2.C10H10N2O.C5H10/c13-12(16)9-4-6-10(7-5-9)14-8-2-1-3-11(14)15;1-6-2-3-8-7(4-6)5-9(12-8)10(11)13;1-2-4-5-3-1/h1-8H,(H2,13,16);2-5,12H,1H3,(H2,11,13);1-5H2. The lowest BCUT2D eigenvalue weighted by molar-refractivity contribution is 0.0989. The van der Waals surface area contributed by atoms with Crippen LogP contribution in [0.2, 0.25) is 0 Å². The molecule has 0 spiro atoms. The first-order valence-corrected chi connectivity index (χ1v) is 11.3. The van der Waals surface area contributed by atoms with E-state index in [9.17, 15) is 14.4 Å².